The summed E-state index contributed by atoms with van der Waals surface area (Å²) in [7, 11) is 0. The van der Waals surface area contributed by atoms with E-state index in [1.54, 1.807) is 0 Å². The molecule has 3 heterocycles. The second-order valence-electron chi connectivity index (χ2n) is 7.92. The fourth-order valence-corrected chi connectivity index (χ4v) is 4.94. The lowest BCUT2D eigenvalue weighted by atomic mass is 9.77. The topological polar surface area (TPSA) is 84.7 Å². The molecule has 146 valence electrons. The van der Waals surface area contributed by atoms with Crippen molar-refractivity contribution in [3.05, 3.63) is 28.8 Å². The Bertz CT molecular complexity index is 740. The first kappa shape index (κ1) is 18.7. The minimum atomic E-state index is -0.473. The number of nitrogens with two attached hydrogens (primary N) is 1. The maximum atomic E-state index is 13.1. The van der Waals surface area contributed by atoms with Gasteiger partial charge < -0.3 is 20.7 Å². The summed E-state index contributed by atoms with van der Waals surface area (Å²) in [5.41, 5.74) is 7.36. The van der Waals surface area contributed by atoms with Crippen LogP contribution in [0.5, 0.6) is 0 Å². The van der Waals surface area contributed by atoms with Crippen molar-refractivity contribution >= 4 is 29.1 Å². The minimum Gasteiger partial charge on any atom is -0.381 e. The van der Waals surface area contributed by atoms with Gasteiger partial charge in [0, 0.05) is 43.6 Å². The van der Waals surface area contributed by atoms with E-state index in [2.05, 4.69) is 5.32 Å². The van der Waals surface area contributed by atoms with Crippen molar-refractivity contribution in [1.29, 1.82) is 0 Å². The summed E-state index contributed by atoms with van der Waals surface area (Å²) >= 11 is 6.04. The van der Waals surface area contributed by atoms with Crippen LogP contribution in [0, 0.1) is 11.3 Å². The highest BCUT2D eigenvalue weighted by atomic mass is 35.5. The normalized spacial score (nSPS) is 25.2. The third kappa shape index (κ3) is 3.35. The molecule has 3 aliphatic heterocycles. The van der Waals surface area contributed by atoms with Crippen LogP contribution in [0.3, 0.4) is 0 Å². The molecule has 4 rings (SSSR count). The summed E-state index contributed by atoms with van der Waals surface area (Å²) in [6, 6.07) is 5.59. The van der Waals surface area contributed by atoms with E-state index in [0.29, 0.717) is 50.7 Å². The van der Waals surface area contributed by atoms with Gasteiger partial charge in [-0.25, -0.2) is 0 Å². The number of carbonyl (C=O) groups excluding carboxylic acids is 2. The molecule has 0 spiro atoms. The van der Waals surface area contributed by atoms with Gasteiger partial charge in [-0.1, -0.05) is 17.7 Å². The Labute approximate surface area is 164 Å². The van der Waals surface area contributed by atoms with Crippen molar-refractivity contribution in [2.24, 2.45) is 17.1 Å². The first-order valence-electron chi connectivity index (χ1n) is 9.71. The molecule has 2 amide bonds. The Morgan fingerprint density at radius 3 is 2.67 bits per heavy atom. The molecule has 0 radical (unpaired) electrons. The Morgan fingerprint density at radius 2 is 2.00 bits per heavy atom. The zero-order valence-corrected chi connectivity index (χ0v) is 16.1. The minimum absolute atomic E-state index is 0.0416. The summed E-state index contributed by atoms with van der Waals surface area (Å²) in [6.45, 7) is 2.92. The largest absolute Gasteiger partial charge is 0.381 e. The van der Waals surface area contributed by atoms with E-state index in [4.69, 9.17) is 22.1 Å². The molecule has 1 unspecified atom stereocenters. The van der Waals surface area contributed by atoms with Crippen molar-refractivity contribution in [2.45, 2.75) is 31.6 Å². The van der Waals surface area contributed by atoms with E-state index < -0.39 is 5.41 Å². The molecule has 3 N–H and O–H groups in total. The molecule has 6 nitrogen and oxygen atoms in total. The number of piperidine rings is 1. The average Bonchev–Trinajstić information content (AvgIpc) is 3.02. The van der Waals surface area contributed by atoms with Gasteiger partial charge in [-0.3, -0.25) is 9.59 Å². The zero-order valence-electron chi connectivity index (χ0n) is 15.4. The van der Waals surface area contributed by atoms with E-state index >= 15 is 0 Å². The summed E-state index contributed by atoms with van der Waals surface area (Å²) in [4.78, 5) is 27.6. The highest BCUT2D eigenvalue weighted by Crippen LogP contribution is 2.43. The summed E-state index contributed by atoms with van der Waals surface area (Å²) in [5.74, 6) is 0.288. The van der Waals surface area contributed by atoms with E-state index in [1.807, 2.05) is 23.1 Å². The van der Waals surface area contributed by atoms with E-state index in [-0.39, 0.29) is 23.7 Å². The Morgan fingerprint density at radius 1 is 1.30 bits per heavy atom. The maximum absolute atomic E-state index is 13.1. The number of ether oxygens (including phenoxy) is 1. The number of nitrogens with zero attached hydrogens (tertiary/aromatic N) is 1. The second kappa shape index (κ2) is 7.41. The van der Waals surface area contributed by atoms with Gasteiger partial charge in [0.25, 0.3) is 0 Å². The van der Waals surface area contributed by atoms with Crippen LogP contribution in [0.1, 0.15) is 37.2 Å². The van der Waals surface area contributed by atoms with E-state index in [0.717, 1.165) is 24.1 Å². The van der Waals surface area contributed by atoms with Gasteiger partial charge in [0.15, 0.2) is 0 Å². The van der Waals surface area contributed by atoms with E-state index in [1.165, 1.54) is 0 Å². The molecule has 1 aromatic carbocycles. The zero-order chi connectivity index (χ0) is 19.0. The predicted octanol–water partition coefficient (Wildman–Crippen LogP) is 2.37. The molecule has 2 fully saturated rings. The molecule has 7 heteroatoms. The van der Waals surface area contributed by atoms with Crippen LogP contribution in [0.15, 0.2) is 18.2 Å². The number of hydrogen-bond donors (Lipinski definition) is 2. The molecular formula is C20H26ClN3O3. The maximum Gasteiger partial charge on any atom is 0.232 e. The lowest BCUT2D eigenvalue weighted by molar-refractivity contribution is -0.148. The standard InChI is InChI=1S/C20H26ClN3O3/c21-14-1-2-15-16(11-14)23-18(25)17(15)13-3-7-24(8-4-13)19(26)20(12-22)5-9-27-10-6-20/h1-2,11,13,17H,3-10,12,22H2,(H,23,25). The van der Waals surface area contributed by atoms with Crippen molar-refractivity contribution in [1.82, 2.24) is 4.90 Å². The monoisotopic (exact) mass is 391 g/mol. The van der Waals surface area contributed by atoms with Crippen molar-refractivity contribution < 1.29 is 14.3 Å². The summed E-state index contributed by atoms with van der Waals surface area (Å²) in [5, 5.41) is 3.58. The number of benzene rings is 1. The first-order chi connectivity index (χ1) is 13.0. The number of hydrogen-bond acceptors (Lipinski definition) is 4. The fraction of sp³-hybridized carbons (Fsp3) is 0.600. The fourth-order valence-electron chi connectivity index (χ4n) is 4.77. The highest BCUT2D eigenvalue weighted by molar-refractivity contribution is 6.31. The molecule has 0 aliphatic carbocycles. The molecule has 3 aliphatic rings. The molecule has 0 aromatic heterocycles. The predicted molar refractivity (Wildman–Crippen MR) is 104 cm³/mol. The van der Waals surface area contributed by atoms with Crippen LogP contribution in [-0.4, -0.2) is 49.6 Å². The van der Waals surface area contributed by atoms with Crippen LogP contribution in [-0.2, 0) is 14.3 Å². The summed E-state index contributed by atoms with van der Waals surface area (Å²) < 4.78 is 5.42. The number of carbonyl (C=O) groups is 2. The number of anilines is 1. The Kier molecular flexibility index (Phi) is 5.14. The Balaban J connectivity index is 1.44. The Hall–Kier alpha value is -1.63. The SMILES string of the molecule is NCC1(C(=O)N2CCC(C3C(=O)Nc4cc(Cl)ccc43)CC2)CCOCC1. The molecule has 27 heavy (non-hydrogen) atoms. The quantitative estimate of drug-likeness (QED) is 0.828. The molecule has 0 bridgehead atoms. The van der Waals surface area contributed by atoms with E-state index in [9.17, 15) is 9.59 Å². The van der Waals surface area contributed by atoms with Crippen LogP contribution in [0.2, 0.25) is 5.02 Å². The number of amides is 2. The molecule has 2 saturated heterocycles. The smallest absolute Gasteiger partial charge is 0.232 e. The lowest BCUT2D eigenvalue weighted by Crippen LogP contribution is -2.53. The van der Waals surface area contributed by atoms with Crippen LogP contribution in [0.25, 0.3) is 0 Å². The molecule has 1 atom stereocenters. The number of rotatable bonds is 3. The van der Waals surface area contributed by atoms with Gasteiger partial charge in [0.2, 0.25) is 11.8 Å². The van der Waals surface area contributed by atoms with Crippen molar-refractivity contribution in [3.8, 4) is 0 Å². The second-order valence-corrected chi connectivity index (χ2v) is 8.36. The third-order valence-electron chi connectivity index (χ3n) is 6.48. The van der Waals surface area contributed by atoms with Gasteiger partial charge >= 0.3 is 0 Å². The number of nitrogens with one attached hydrogen (secondary N) is 1. The highest BCUT2D eigenvalue weighted by Gasteiger charge is 2.44. The molecular weight excluding hydrogens is 366 g/mol. The van der Waals surface area contributed by atoms with Gasteiger partial charge in [0.1, 0.15) is 0 Å². The first-order valence-corrected chi connectivity index (χ1v) is 10.1. The van der Waals surface area contributed by atoms with Gasteiger partial charge in [0.05, 0.1) is 11.3 Å². The van der Waals surface area contributed by atoms with Crippen LogP contribution >= 0.6 is 11.6 Å². The number of halogens is 1. The van der Waals surface area contributed by atoms with Crippen molar-refractivity contribution in [2.75, 3.05) is 38.2 Å². The number of fused-ring (bicyclic) bond motifs is 1. The van der Waals surface area contributed by atoms with Crippen molar-refractivity contribution in [3.63, 3.8) is 0 Å². The van der Waals surface area contributed by atoms with Crippen LogP contribution < -0.4 is 11.1 Å². The van der Waals surface area contributed by atoms with Gasteiger partial charge in [-0.15, -0.1) is 0 Å². The number of likely N-dealkylation sites (tertiary alicyclic amines) is 1. The molecule has 0 saturated carbocycles. The molecule has 1 aromatic rings. The summed E-state index contributed by atoms with van der Waals surface area (Å²) in [6.07, 6.45) is 3.04. The third-order valence-corrected chi connectivity index (χ3v) is 6.72. The van der Waals surface area contributed by atoms with Gasteiger partial charge in [-0.2, -0.15) is 0 Å². The average molecular weight is 392 g/mol. The van der Waals surface area contributed by atoms with Crippen LogP contribution in [0.4, 0.5) is 5.69 Å². The lowest BCUT2D eigenvalue weighted by Gasteiger charge is -2.42. The van der Waals surface area contributed by atoms with Gasteiger partial charge in [-0.05, 0) is 49.3 Å².